The number of nitro benzene ring substituents is 1. The lowest BCUT2D eigenvalue weighted by atomic mass is 10.2. The van der Waals surface area contributed by atoms with E-state index in [0.717, 1.165) is 5.56 Å². The van der Waals surface area contributed by atoms with Gasteiger partial charge in [0.2, 0.25) is 0 Å². The molecule has 102 valence electrons. The highest BCUT2D eigenvalue weighted by Crippen LogP contribution is 2.59. The molecule has 0 N–H and O–H groups in total. The summed E-state index contributed by atoms with van der Waals surface area (Å²) >= 11 is 0. The lowest BCUT2D eigenvalue weighted by Crippen LogP contribution is -1.89. The van der Waals surface area contributed by atoms with Crippen LogP contribution >= 0.6 is 43.2 Å². The number of nitrogens with zero attached hydrogens (tertiary/aromatic N) is 1. The fourth-order valence-electron chi connectivity index (χ4n) is 1.66. The molecule has 0 aromatic heterocycles. The van der Waals surface area contributed by atoms with Gasteiger partial charge in [-0.1, -0.05) is 67.4 Å². The van der Waals surface area contributed by atoms with E-state index in [1.807, 2.05) is 24.3 Å². The van der Waals surface area contributed by atoms with Gasteiger partial charge in [0.15, 0.2) is 0 Å². The minimum Gasteiger partial charge on any atom is -0.258 e. The van der Waals surface area contributed by atoms with E-state index >= 15 is 0 Å². The molecule has 1 aliphatic heterocycles. The molecule has 0 atom stereocenters. The number of nitro groups is 1. The van der Waals surface area contributed by atoms with E-state index in [9.17, 15) is 10.1 Å². The molecule has 2 aromatic rings. The summed E-state index contributed by atoms with van der Waals surface area (Å²) in [4.78, 5) is 12.9. The molecule has 0 aliphatic carbocycles. The number of hydrogen-bond acceptors (Lipinski definition) is 6. The molecule has 2 aromatic carbocycles. The largest absolute Gasteiger partial charge is 0.269 e. The van der Waals surface area contributed by atoms with Gasteiger partial charge in [0.05, 0.1) is 9.51 Å². The molecule has 0 unspecified atom stereocenters. The molecule has 20 heavy (non-hydrogen) atoms. The van der Waals surface area contributed by atoms with Gasteiger partial charge in [0.25, 0.3) is 5.69 Å². The maximum absolute atomic E-state index is 10.7. The Bertz CT molecular complexity index is 606. The van der Waals surface area contributed by atoms with Crippen molar-refractivity contribution >= 4 is 48.9 Å². The predicted molar refractivity (Wildman–Crippen MR) is 89.2 cm³/mol. The van der Waals surface area contributed by atoms with Crippen LogP contribution in [0.1, 0.15) is 10.1 Å². The summed E-state index contributed by atoms with van der Waals surface area (Å²) in [6.45, 7) is 0. The summed E-state index contributed by atoms with van der Waals surface area (Å²) in [6, 6.07) is 15.2. The lowest BCUT2D eigenvalue weighted by molar-refractivity contribution is -0.384. The van der Waals surface area contributed by atoms with Gasteiger partial charge in [-0.05, 0) is 17.7 Å². The Morgan fingerprint density at radius 1 is 0.900 bits per heavy atom. The third-order valence-electron chi connectivity index (χ3n) is 2.68. The maximum atomic E-state index is 10.7. The van der Waals surface area contributed by atoms with Crippen molar-refractivity contribution in [1.29, 1.82) is 0 Å². The van der Waals surface area contributed by atoms with E-state index in [0.29, 0.717) is 0 Å². The summed E-state index contributed by atoms with van der Waals surface area (Å²) in [7, 11) is 7.09. The summed E-state index contributed by atoms with van der Waals surface area (Å²) in [5.74, 6) is 0. The van der Waals surface area contributed by atoms with Crippen molar-refractivity contribution < 1.29 is 4.92 Å². The molecular weight excluding hydrogens is 330 g/mol. The van der Waals surface area contributed by atoms with E-state index in [4.69, 9.17) is 0 Å². The molecule has 1 heterocycles. The van der Waals surface area contributed by atoms with Crippen LogP contribution in [0.15, 0.2) is 58.3 Å². The van der Waals surface area contributed by atoms with Crippen LogP contribution in [0.3, 0.4) is 0 Å². The number of rotatable bonds is 2. The maximum Gasteiger partial charge on any atom is 0.269 e. The summed E-state index contributed by atoms with van der Waals surface area (Å²) in [5.41, 5.74) is 1.25. The number of hydrogen-bond donors (Lipinski definition) is 0. The molecule has 0 radical (unpaired) electrons. The first-order chi connectivity index (χ1) is 9.74. The normalized spacial score (nSPS) is 15.4. The van der Waals surface area contributed by atoms with Gasteiger partial charge in [0, 0.05) is 21.9 Å². The first-order valence-electron chi connectivity index (χ1n) is 5.74. The Morgan fingerprint density at radius 2 is 1.45 bits per heavy atom. The second kappa shape index (κ2) is 6.34. The molecule has 7 heteroatoms. The van der Waals surface area contributed by atoms with Crippen LogP contribution in [0, 0.1) is 10.1 Å². The predicted octanol–water partition coefficient (Wildman–Crippen LogP) is 5.79. The van der Waals surface area contributed by atoms with Crippen molar-refractivity contribution in [3.8, 4) is 0 Å². The second-order valence-electron chi connectivity index (χ2n) is 3.99. The number of fused-ring (bicyclic) bond motifs is 1. The molecule has 3 rings (SSSR count). The average Bonchev–Trinajstić information content (AvgIpc) is 2.70. The van der Waals surface area contributed by atoms with Gasteiger partial charge < -0.3 is 0 Å². The lowest BCUT2D eigenvalue weighted by Gasteiger charge is -2.11. The molecular formula is C13H9NO2S4. The van der Waals surface area contributed by atoms with Crippen molar-refractivity contribution in [3.63, 3.8) is 0 Å². The molecule has 0 bridgehead atoms. The quantitative estimate of drug-likeness (QED) is 0.392. The van der Waals surface area contributed by atoms with Gasteiger partial charge >= 0.3 is 0 Å². The van der Waals surface area contributed by atoms with Crippen LogP contribution in [-0.2, 0) is 0 Å². The van der Waals surface area contributed by atoms with Gasteiger partial charge in [-0.15, -0.1) is 0 Å². The fraction of sp³-hybridized carbons (Fsp3) is 0.0769. The van der Waals surface area contributed by atoms with Gasteiger partial charge in [-0.2, -0.15) is 0 Å². The van der Waals surface area contributed by atoms with Crippen LogP contribution in [0.2, 0.25) is 0 Å². The third-order valence-corrected chi connectivity index (χ3v) is 9.08. The Labute approximate surface area is 132 Å². The van der Waals surface area contributed by atoms with Crippen molar-refractivity contribution in [1.82, 2.24) is 0 Å². The highest BCUT2D eigenvalue weighted by molar-refractivity contribution is 8.86. The van der Waals surface area contributed by atoms with Crippen LogP contribution < -0.4 is 0 Å². The van der Waals surface area contributed by atoms with Crippen molar-refractivity contribution in [2.24, 2.45) is 0 Å². The van der Waals surface area contributed by atoms with Crippen LogP contribution in [-0.4, -0.2) is 4.92 Å². The molecule has 0 spiro atoms. The number of benzene rings is 2. The van der Waals surface area contributed by atoms with E-state index in [1.165, 1.54) is 9.79 Å². The standard InChI is InChI=1S/C13H9NO2S4/c15-14(16)10-7-5-9(6-8-10)13-19-17-11-3-1-2-4-12(11)18-20-13/h1-8,13H. The first kappa shape index (κ1) is 14.2. The zero-order valence-corrected chi connectivity index (χ0v) is 13.4. The topological polar surface area (TPSA) is 43.1 Å². The molecule has 0 saturated heterocycles. The zero-order chi connectivity index (χ0) is 13.9. The number of non-ortho nitro benzene ring substituents is 1. The fourth-order valence-corrected chi connectivity index (χ4v) is 8.39. The van der Waals surface area contributed by atoms with Gasteiger partial charge in [0.1, 0.15) is 0 Å². The Balaban J connectivity index is 1.78. The smallest absolute Gasteiger partial charge is 0.258 e. The molecule has 3 nitrogen and oxygen atoms in total. The zero-order valence-electron chi connectivity index (χ0n) is 10.1. The van der Waals surface area contributed by atoms with E-state index in [2.05, 4.69) is 12.1 Å². The van der Waals surface area contributed by atoms with Crippen molar-refractivity contribution in [3.05, 3.63) is 64.2 Å². The monoisotopic (exact) mass is 339 g/mol. The van der Waals surface area contributed by atoms with Gasteiger partial charge in [-0.25, -0.2) is 0 Å². The van der Waals surface area contributed by atoms with Crippen LogP contribution in [0.25, 0.3) is 0 Å². The van der Waals surface area contributed by atoms with Crippen molar-refractivity contribution in [2.75, 3.05) is 0 Å². The molecule has 1 aliphatic rings. The highest BCUT2D eigenvalue weighted by atomic mass is 33.1. The summed E-state index contributed by atoms with van der Waals surface area (Å²) < 4.78 is 0.262. The van der Waals surface area contributed by atoms with Crippen LogP contribution in [0.5, 0.6) is 0 Å². The molecule has 0 saturated carbocycles. The molecule has 0 fully saturated rings. The van der Waals surface area contributed by atoms with Crippen LogP contribution in [0.4, 0.5) is 5.69 Å². The second-order valence-corrected chi connectivity index (χ2v) is 8.98. The Morgan fingerprint density at radius 3 is 1.95 bits per heavy atom. The summed E-state index contributed by atoms with van der Waals surface area (Å²) in [5, 5.41) is 10.7. The van der Waals surface area contributed by atoms with E-state index in [-0.39, 0.29) is 15.2 Å². The SMILES string of the molecule is O=[N+]([O-])c1ccc(C2SSc3ccccc3SS2)cc1. The van der Waals surface area contributed by atoms with E-state index in [1.54, 1.807) is 55.3 Å². The minimum atomic E-state index is -0.365. The highest BCUT2D eigenvalue weighted by Gasteiger charge is 2.21. The Kier molecular flexibility index (Phi) is 4.50. The van der Waals surface area contributed by atoms with E-state index < -0.39 is 0 Å². The third kappa shape index (κ3) is 3.11. The summed E-state index contributed by atoms with van der Waals surface area (Å²) in [6.07, 6.45) is 0. The van der Waals surface area contributed by atoms with Crippen molar-refractivity contribution in [2.45, 2.75) is 14.4 Å². The molecule has 0 amide bonds. The minimum absolute atomic E-state index is 0.140. The Hall–Kier alpha value is -0.760. The first-order valence-corrected chi connectivity index (χ1v) is 10.2. The van der Waals surface area contributed by atoms with Gasteiger partial charge in [-0.3, -0.25) is 10.1 Å². The average molecular weight is 339 g/mol.